The maximum Gasteiger partial charge on any atom is 0.0494 e. The summed E-state index contributed by atoms with van der Waals surface area (Å²) in [6.45, 7) is 0. The van der Waals surface area contributed by atoms with E-state index in [9.17, 15) is 0 Å². The first-order valence-corrected chi connectivity index (χ1v) is 8.09. The minimum absolute atomic E-state index is 0.408. The molecule has 92 valence electrons. The summed E-state index contributed by atoms with van der Waals surface area (Å²) in [7, 11) is 0.408. The van der Waals surface area contributed by atoms with E-state index in [-0.39, 0.29) is 0 Å². The molecule has 2 aromatic carbocycles. The zero-order valence-corrected chi connectivity index (χ0v) is 11.3. The second-order valence-corrected chi connectivity index (χ2v) is 6.84. The van der Waals surface area contributed by atoms with Gasteiger partial charge in [0, 0.05) is 5.25 Å². The molecule has 1 atom stereocenters. The normalized spacial score (nSPS) is 18.8. The SMILES string of the molecule is C1=S(C(c2ccccc2)c2ccccc2)CCC1. The quantitative estimate of drug-likeness (QED) is 0.700. The van der Waals surface area contributed by atoms with Gasteiger partial charge in [0.2, 0.25) is 0 Å². The van der Waals surface area contributed by atoms with Gasteiger partial charge in [-0.1, -0.05) is 66.0 Å². The highest BCUT2D eigenvalue weighted by Gasteiger charge is 2.19. The van der Waals surface area contributed by atoms with Crippen LogP contribution in [0.2, 0.25) is 0 Å². The van der Waals surface area contributed by atoms with Gasteiger partial charge in [-0.25, -0.2) is 0 Å². The Morgan fingerprint density at radius 2 is 1.33 bits per heavy atom. The van der Waals surface area contributed by atoms with E-state index in [4.69, 9.17) is 0 Å². The third-order valence-corrected chi connectivity index (χ3v) is 6.00. The topological polar surface area (TPSA) is 0 Å². The Kier molecular flexibility index (Phi) is 3.61. The Morgan fingerprint density at radius 3 is 1.78 bits per heavy atom. The van der Waals surface area contributed by atoms with Crippen LogP contribution in [0.15, 0.2) is 60.7 Å². The van der Waals surface area contributed by atoms with Crippen LogP contribution in [0.1, 0.15) is 29.2 Å². The van der Waals surface area contributed by atoms with Gasteiger partial charge in [-0.3, -0.25) is 0 Å². The fourth-order valence-corrected chi connectivity index (χ4v) is 5.16. The summed E-state index contributed by atoms with van der Waals surface area (Å²) in [6, 6.07) is 21.9. The third-order valence-electron chi connectivity index (χ3n) is 3.42. The summed E-state index contributed by atoms with van der Waals surface area (Å²) in [5.41, 5.74) is 2.93. The van der Waals surface area contributed by atoms with E-state index >= 15 is 0 Å². The zero-order valence-electron chi connectivity index (χ0n) is 10.5. The van der Waals surface area contributed by atoms with Crippen molar-refractivity contribution in [2.45, 2.75) is 18.1 Å². The molecule has 0 fully saturated rings. The molecular formula is C17H18S. The molecule has 0 saturated carbocycles. The van der Waals surface area contributed by atoms with Crippen LogP contribution in [0.25, 0.3) is 0 Å². The molecule has 1 unspecified atom stereocenters. The van der Waals surface area contributed by atoms with Crippen molar-refractivity contribution >= 4 is 15.9 Å². The van der Waals surface area contributed by atoms with E-state index in [0.29, 0.717) is 15.7 Å². The lowest BCUT2D eigenvalue weighted by molar-refractivity contribution is 1.04. The molecule has 1 aliphatic rings. The zero-order chi connectivity index (χ0) is 12.2. The third kappa shape index (κ3) is 2.41. The van der Waals surface area contributed by atoms with Gasteiger partial charge in [0.15, 0.2) is 0 Å². The predicted octanol–water partition coefficient (Wildman–Crippen LogP) is 4.64. The Bertz CT molecular complexity index is 489. The molecule has 18 heavy (non-hydrogen) atoms. The van der Waals surface area contributed by atoms with Crippen molar-refractivity contribution in [2.75, 3.05) is 5.75 Å². The van der Waals surface area contributed by atoms with Crippen molar-refractivity contribution in [3.8, 4) is 0 Å². The smallest absolute Gasteiger partial charge is 0.0494 e. The molecule has 1 heterocycles. The Hall–Kier alpha value is -1.34. The first kappa shape index (κ1) is 11.7. The van der Waals surface area contributed by atoms with E-state index in [1.165, 1.54) is 29.7 Å². The molecule has 0 N–H and O–H groups in total. The van der Waals surface area contributed by atoms with Crippen LogP contribution in [-0.2, 0) is 0 Å². The molecule has 0 nitrogen and oxygen atoms in total. The maximum atomic E-state index is 2.55. The molecule has 0 radical (unpaired) electrons. The van der Waals surface area contributed by atoms with Crippen LogP contribution < -0.4 is 0 Å². The minimum Gasteiger partial charge on any atom is -0.178 e. The highest BCUT2D eigenvalue weighted by Crippen LogP contribution is 2.43. The van der Waals surface area contributed by atoms with Gasteiger partial charge < -0.3 is 0 Å². The van der Waals surface area contributed by atoms with Gasteiger partial charge in [-0.2, -0.15) is 10.5 Å². The van der Waals surface area contributed by atoms with Gasteiger partial charge in [-0.05, 0) is 29.7 Å². The molecule has 0 saturated heterocycles. The van der Waals surface area contributed by atoms with Crippen molar-refractivity contribution in [3.05, 3.63) is 71.8 Å². The lowest BCUT2D eigenvalue weighted by Gasteiger charge is -2.20. The average Bonchev–Trinajstić information content (AvgIpc) is 2.95. The molecule has 1 heteroatoms. The lowest BCUT2D eigenvalue weighted by atomic mass is 10.0. The largest absolute Gasteiger partial charge is 0.178 e. The second kappa shape index (κ2) is 5.53. The van der Waals surface area contributed by atoms with Crippen LogP contribution in [0.3, 0.4) is 0 Å². The van der Waals surface area contributed by atoms with Crippen molar-refractivity contribution in [1.29, 1.82) is 0 Å². The molecule has 2 aromatic rings. The standard InChI is InChI=1S/C17H18S/c1-3-9-15(10-4-1)17(18-13-7-8-14-18)16-11-5-2-6-12-16/h1-6,9-13,17H,7-8,14H2. The van der Waals surface area contributed by atoms with E-state index in [1.807, 2.05) is 0 Å². The lowest BCUT2D eigenvalue weighted by Crippen LogP contribution is -1.99. The first-order chi connectivity index (χ1) is 8.95. The molecule has 0 aromatic heterocycles. The summed E-state index contributed by atoms with van der Waals surface area (Å²) in [6.07, 6.45) is 2.65. The molecular weight excluding hydrogens is 236 g/mol. The van der Waals surface area contributed by atoms with E-state index in [1.54, 1.807) is 0 Å². The maximum absolute atomic E-state index is 2.55. The summed E-state index contributed by atoms with van der Waals surface area (Å²) in [5, 5.41) is 3.11. The van der Waals surface area contributed by atoms with Gasteiger partial charge in [0.05, 0.1) is 0 Å². The molecule has 0 aliphatic carbocycles. The van der Waals surface area contributed by atoms with Gasteiger partial charge in [-0.15, -0.1) is 0 Å². The number of benzene rings is 2. The van der Waals surface area contributed by atoms with Gasteiger partial charge >= 0.3 is 0 Å². The van der Waals surface area contributed by atoms with Crippen LogP contribution >= 0.6 is 10.5 Å². The van der Waals surface area contributed by atoms with Gasteiger partial charge in [0.1, 0.15) is 0 Å². The monoisotopic (exact) mass is 254 g/mol. The Balaban J connectivity index is 2.04. The fourth-order valence-electron chi connectivity index (χ4n) is 2.58. The van der Waals surface area contributed by atoms with Crippen molar-refractivity contribution in [1.82, 2.24) is 0 Å². The second-order valence-electron chi connectivity index (χ2n) is 4.68. The van der Waals surface area contributed by atoms with Gasteiger partial charge in [0.25, 0.3) is 0 Å². The highest BCUT2D eigenvalue weighted by molar-refractivity contribution is 8.15. The van der Waals surface area contributed by atoms with Crippen LogP contribution in [0.5, 0.6) is 0 Å². The summed E-state index contributed by atoms with van der Waals surface area (Å²) in [4.78, 5) is 0. The van der Waals surface area contributed by atoms with Crippen LogP contribution in [0, 0.1) is 0 Å². The Labute approximate surface area is 112 Å². The molecule has 0 spiro atoms. The van der Waals surface area contributed by atoms with E-state index in [2.05, 4.69) is 66.0 Å². The number of hydrogen-bond acceptors (Lipinski definition) is 0. The number of hydrogen-bond donors (Lipinski definition) is 0. The number of rotatable bonds is 3. The first-order valence-electron chi connectivity index (χ1n) is 6.57. The van der Waals surface area contributed by atoms with Crippen LogP contribution in [0.4, 0.5) is 0 Å². The highest BCUT2D eigenvalue weighted by atomic mass is 32.2. The summed E-state index contributed by atoms with van der Waals surface area (Å²) in [5.74, 6) is 1.36. The molecule has 0 amide bonds. The Morgan fingerprint density at radius 1 is 0.778 bits per heavy atom. The fraction of sp³-hybridized carbons (Fsp3) is 0.235. The summed E-state index contributed by atoms with van der Waals surface area (Å²) >= 11 is 0. The molecule has 3 rings (SSSR count). The van der Waals surface area contributed by atoms with Crippen molar-refractivity contribution in [2.24, 2.45) is 0 Å². The predicted molar refractivity (Wildman–Crippen MR) is 82.5 cm³/mol. The summed E-state index contributed by atoms with van der Waals surface area (Å²) < 4.78 is 0. The van der Waals surface area contributed by atoms with E-state index in [0.717, 1.165) is 0 Å². The average molecular weight is 254 g/mol. The van der Waals surface area contributed by atoms with Crippen molar-refractivity contribution < 1.29 is 0 Å². The minimum atomic E-state index is 0.408. The van der Waals surface area contributed by atoms with Crippen molar-refractivity contribution in [3.63, 3.8) is 0 Å². The molecule has 1 aliphatic heterocycles. The van der Waals surface area contributed by atoms with Crippen LogP contribution in [-0.4, -0.2) is 11.1 Å². The van der Waals surface area contributed by atoms with E-state index < -0.39 is 0 Å². The molecule has 0 bridgehead atoms.